The molecule has 0 fully saturated rings. The Morgan fingerprint density at radius 1 is 1.33 bits per heavy atom. The molecule has 0 aliphatic rings. The van der Waals surface area contributed by atoms with Crippen molar-refractivity contribution in [2.45, 2.75) is 33.4 Å². The maximum Gasteiger partial charge on any atom is 0.153 e. The van der Waals surface area contributed by atoms with Crippen LogP contribution in [0, 0.1) is 6.92 Å². The number of aryl methyl sites for hydroxylation is 2. The van der Waals surface area contributed by atoms with Gasteiger partial charge in [-0.3, -0.25) is 0 Å². The fourth-order valence-corrected chi connectivity index (χ4v) is 3.76. The SMILES string of the molecule is CCCn1c(-c2sc(CN)nc2C)nc2cc(Br)ccc21. The van der Waals surface area contributed by atoms with Crippen LogP contribution >= 0.6 is 27.3 Å². The minimum absolute atomic E-state index is 0.477. The first kappa shape index (κ1) is 14.7. The van der Waals surface area contributed by atoms with Gasteiger partial charge in [-0.15, -0.1) is 11.3 Å². The van der Waals surface area contributed by atoms with Gasteiger partial charge in [0, 0.05) is 17.6 Å². The monoisotopic (exact) mass is 364 g/mol. The molecule has 0 spiro atoms. The summed E-state index contributed by atoms with van der Waals surface area (Å²) in [5.41, 5.74) is 8.90. The number of halogens is 1. The quantitative estimate of drug-likeness (QED) is 0.757. The van der Waals surface area contributed by atoms with E-state index in [9.17, 15) is 0 Å². The highest BCUT2D eigenvalue weighted by atomic mass is 79.9. The van der Waals surface area contributed by atoms with Gasteiger partial charge in [0.2, 0.25) is 0 Å². The third kappa shape index (κ3) is 2.63. The lowest BCUT2D eigenvalue weighted by Crippen LogP contribution is -1.99. The fraction of sp³-hybridized carbons (Fsp3) is 0.333. The van der Waals surface area contributed by atoms with Gasteiger partial charge in [-0.05, 0) is 31.5 Å². The van der Waals surface area contributed by atoms with Crippen LogP contribution in [-0.4, -0.2) is 14.5 Å². The van der Waals surface area contributed by atoms with Crippen molar-refractivity contribution >= 4 is 38.3 Å². The van der Waals surface area contributed by atoms with Crippen LogP contribution in [0.25, 0.3) is 21.7 Å². The van der Waals surface area contributed by atoms with Gasteiger partial charge in [-0.25, -0.2) is 9.97 Å². The van der Waals surface area contributed by atoms with Crippen LogP contribution < -0.4 is 5.73 Å². The lowest BCUT2D eigenvalue weighted by molar-refractivity contribution is 0.704. The Morgan fingerprint density at radius 2 is 2.14 bits per heavy atom. The predicted molar refractivity (Wildman–Crippen MR) is 91.5 cm³/mol. The topological polar surface area (TPSA) is 56.7 Å². The maximum atomic E-state index is 5.72. The van der Waals surface area contributed by atoms with Crippen molar-refractivity contribution in [2.75, 3.05) is 0 Å². The van der Waals surface area contributed by atoms with E-state index in [1.165, 1.54) is 0 Å². The first-order valence-electron chi connectivity index (χ1n) is 6.96. The van der Waals surface area contributed by atoms with Crippen LogP contribution in [0.4, 0.5) is 0 Å². The predicted octanol–water partition coefficient (Wildman–Crippen LogP) is 4.10. The van der Waals surface area contributed by atoms with Gasteiger partial charge < -0.3 is 10.3 Å². The highest BCUT2D eigenvalue weighted by molar-refractivity contribution is 9.10. The van der Waals surface area contributed by atoms with Crippen LogP contribution in [0.2, 0.25) is 0 Å². The molecule has 0 atom stereocenters. The van der Waals surface area contributed by atoms with E-state index in [1.54, 1.807) is 11.3 Å². The van der Waals surface area contributed by atoms with Crippen molar-refractivity contribution in [3.8, 4) is 10.7 Å². The molecule has 3 aromatic rings. The van der Waals surface area contributed by atoms with E-state index in [0.717, 1.165) is 49.9 Å². The minimum Gasteiger partial charge on any atom is -0.325 e. The molecule has 0 bridgehead atoms. The van der Waals surface area contributed by atoms with Crippen molar-refractivity contribution in [2.24, 2.45) is 5.73 Å². The summed E-state index contributed by atoms with van der Waals surface area (Å²) < 4.78 is 3.33. The average molecular weight is 365 g/mol. The molecule has 0 unspecified atom stereocenters. The number of hydrogen-bond donors (Lipinski definition) is 1. The lowest BCUT2D eigenvalue weighted by Gasteiger charge is -2.06. The Morgan fingerprint density at radius 3 is 2.81 bits per heavy atom. The summed E-state index contributed by atoms with van der Waals surface area (Å²) in [6.45, 7) is 5.63. The molecule has 0 aliphatic heterocycles. The maximum absolute atomic E-state index is 5.72. The zero-order chi connectivity index (χ0) is 15.0. The molecule has 0 radical (unpaired) electrons. The lowest BCUT2D eigenvalue weighted by atomic mass is 10.3. The Kier molecular flexibility index (Phi) is 4.10. The zero-order valence-corrected chi connectivity index (χ0v) is 14.5. The molecule has 0 saturated heterocycles. The molecule has 21 heavy (non-hydrogen) atoms. The summed E-state index contributed by atoms with van der Waals surface area (Å²) in [7, 11) is 0. The second-order valence-corrected chi connectivity index (χ2v) is 6.95. The van der Waals surface area contributed by atoms with Crippen molar-refractivity contribution in [1.82, 2.24) is 14.5 Å². The second-order valence-electron chi connectivity index (χ2n) is 4.95. The second kappa shape index (κ2) is 5.87. The average Bonchev–Trinajstić information content (AvgIpc) is 3.00. The number of imidazole rings is 1. The van der Waals surface area contributed by atoms with Gasteiger partial charge in [0.05, 0.1) is 21.6 Å². The number of aromatic nitrogens is 3. The number of fused-ring (bicyclic) bond motifs is 1. The number of nitrogens with zero attached hydrogens (tertiary/aromatic N) is 3. The molecule has 6 heteroatoms. The molecule has 2 aromatic heterocycles. The van der Waals surface area contributed by atoms with Crippen LogP contribution in [0.3, 0.4) is 0 Å². The Bertz CT molecular complexity index is 790. The van der Waals surface area contributed by atoms with Crippen LogP contribution in [0.1, 0.15) is 24.0 Å². The molecule has 0 aliphatic carbocycles. The van der Waals surface area contributed by atoms with Gasteiger partial charge in [0.25, 0.3) is 0 Å². The third-order valence-corrected chi connectivity index (χ3v) is 5.05. The zero-order valence-electron chi connectivity index (χ0n) is 12.1. The van der Waals surface area contributed by atoms with E-state index in [4.69, 9.17) is 10.7 Å². The van der Waals surface area contributed by atoms with Crippen LogP contribution in [0.5, 0.6) is 0 Å². The molecule has 2 N–H and O–H groups in total. The molecule has 0 amide bonds. The summed E-state index contributed by atoms with van der Waals surface area (Å²) >= 11 is 5.16. The smallest absolute Gasteiger partial charge is 0.153 e. The number of rotatable bonds is 4. The van der Waals surface area contributed by atoms with Crippen LogP contribution in [-0.2, 0) is 13.1 Å². The molecule has 1 aromatic carbocycles. The molecule has 3 rings (SSSR count). The molecular formula is C15H17BrN4S. The van der Waals surface area contributed by atoms with Gasteiger partial charge in [-0.2, -0.15) is 0 Å². The summed E-state index contributed by atoms with van der Waals surface area (Å²) in [4.78, 5) is 10.5. The number of thiazole rings is 1. The Labute approximate surface area is 136 Å². The highest BCUT2D eigenvalue weighted by Gasteiger charge is 2.17. The summed E-state index contributed by atoms with van der Waals surface area (Å²) in [5, 5.41) is 0.957. The van der Waals surface area contributed by atoms with Gasteiger partial charge in [-0.1, -0.05) is 22.9 Å². The summed E-state index contributed by atoms with van der Waals surface area (Å²) in [5.74, 6) is 1.000. The fourth-order valence-electron chi connectivity index (χ4n) is 2.47. The van der Waals surface area contributed by atoms with E-state index in [2.05, 4.69) is 50.6 Å². The number of nitrogens with two attached hydrogens (primary N) is 1. The standard InChI is InChI=1S/C15H17BrN4S/c1-3-6-20-12-5-4-10(16)7-11(12)19-15(20)14-9(2)18-13(8-17)21-14/h4-5,7H,3,6,8,17H2,1-2H3. The van der Waals surface area contributed by atoms with Gasteiger partial charge in [0.15, 0.2) is 5.82 Å². The minimum atomic E-state index is 0.477. The molecule has 4 nitrogen and oxygen atoms in total. The van der Waals surface area contributed by atoms with E-state index >= 15 is 0 Å². The van der Waals surface area contributed by atoms with Crippen molar-refractivity contribution in [1.29, 1.82) is 0 Å². The molecular weight excluding hydrogens is 348 g/mol. The van der Waals surface area contributed by atoms with Crippen molar-refractivity contribution in [3.05, 3.63) is 33.4 Å². The first-order valence-corrected chi connectivity index (χ1v) is 8.57. The van der Waals surface area contributed by atoms with E-state index in [0.29, 0.717) is 6.54 Å². The van der Waals surface area contributed by atoms with Crippen LogP contribution in [0.15, 0.2) is 22.7 Å². The molecule has 0 saturated carbocycles. The number of benzene rings is 1. The third-order valence-electron chi connectivity index (χ3n) is 3.38. The molecule has 110 valence electrons. The highest BCUT2D eigenvalue weighted by Crippen LogP contribution is 2.33. The largest absolute Gasteiger partial charge is 0.325 e. The normalized spacial score (nSPS) is 11.4. The van der Waals surface area contributed by atoms with Crippen molar-refractivity contribution < 1.29 is 0 Å². The van der Waals surface area contributed by atoms with Crippen molar-refractivity contribution in [3.63, 3.8) is 0 Å². The summed E-state index contributed by atoms with van der Waals surface area (Å²) in [6.07, 6.45) is 1.07. The van der Waals surface area contributed by atoms with Gasteiger partial charge in [0.1, 0.15) is 5.01 Å². The first-order chi connectivity index (χ1) is 10.1. The van der Waals surface area contributed by atoms with E-state index in [1.807, 2.05) is 6.92 Å². The Balaban J connectivity index is 2.24. The van der Waals surface area contributed by atoms with E-state index < -0.39 is 0 Å². The molecule has 2 heterocycles. The Hall–Kier alpha value is -1.24. The summed E-state index contributed by atoms with van der Waals surface area (Å²) in [6, 6.07) is 6.24. The van der Waals surface area contributed by atoms with E-state index in [-0.39, 0.29) is 0 Å². The number of hydrogen-bond acceptors (Lipinski definition) is 4. The van der Waals surface area contributed by atoms with Gasteiger partial charge >= 0.3 is 0 Å².